The second kappa shape index (κ2) is 64.9. The van der Waals surface area contributed by atoms with E-state index in [9.17, 15) is 14.4 Å². The van der Waals surface area contributed by atoms with Crippen molar-refractivity contribution in [3.63, 3.8) is 0 Å². The number of unbranched alkanes of at least 4 members (excludes halogenated alkanes) is 32. The highest BCUT2D eigenvalue weighted by atomic mass is 16.6. The van der Waals surface area contributed by atoms with Crippen LogP contribution in [0.1, 0.15) is 316 Å². The van der Waals surface area contributed by atoms with Crippen LogP contribution in [0.2, 0.25) is 0 Å². The third kappa shape index (κ3) is 63.0. The molecule has 6 heteroatoms. The quantitative estimate of drug-likeness (QED) is 0.0261. The van der Waals surface area contributed by atoms with Crippen molar-refractivity contribution in [1.82, 2.24) is 0 Å². The number of hydrogen-bond donors (Lipinski definition) is 0. The maximum atomic E-state index is 12.9. The summed E-state index contributed by atoms with van der Waals surface area (Å²) in [6.07, 6.45) is 87.1. The number of rotatable bonds is 59. The van der Waals surface area contributed by atoms with E-state index in [0.717, 1.165) is 70.6 Å². The first-order valence-corrected chi connectivity index (χ1v) is 32.7. The fraction of sp³-hybridized carbons (Fsp3) is 0.732. The molecule has 6 nitrogen and oxygen atoms in total. The summed E-state index contributed by atoms with van der Waals surface area (Å²) in [7, 11) is 0. The molecule has 0 amide bonds. The van der Waals surface area contributed by atoms with Gasteiger partial charge in [-0.25, -0.2) is 0 Å². The molecule has 0 aliphatic heterocycles. The Balaban J connectivity index is 4.47. The van der Waals surface area contributed by atoms with Crippen LogP contribution in [0.4, 0.5) is 0 Å². The molecule has 442 valence electrons. The summed E-state index contributed by atoms with van der Waals surface area (Å²) in [5.41, 5.74) is 0. The number of carbonyl (C=O) groups is 3. The van der Waals surface area contributed by atoms with E-state index in [1.54, 1.807) is 0 Å². The molecule has 0 aliphatic rings. The third-order valence-electron chi connectivity index (χ3n) is 14.0. The maximum absolute atomic E-state index is 12.9. The van der Waals surface area contributed by atoms with E-state index in [2.05, 4.69) is 112 Å². The topological polar surface area (TPSA) is 78.9 Å². The molecule has 0 aromatic heterocycles. The molecule has 0 N–H and O–H groups in total. The van der Waals surface area contributed by atoms with Crippen LogP contribution in [0.5, 0.6) is 0 Å². The lowest BCUT2D eigenvalue weighted by Crippen LogP contribution is -2.30. The smallest absolute Gasteiger partial charge is 0.306 e. The Morgan fingerprint density at radius 2 is 0.494 bits per heavy atom. The molecule has 0 aromatic carbocycles. The van der Waals surface area contributed by atoms with Gasteiger partial charge >= 0.3 is 17.9 Å². The van der Waals surface area contributed by atoms with Gasteiger partial charge in [0.1, 0.15) is 13.2 Å². The Morgan fingerprint density at radius 3 is 0.818 bits per heavy atom. The van der Waals surface area contributed by atoms with Gasteiger partial charge in [0.05, 0.1) is 0 Å². The van der Waals surface area contributed by atoms with Crippen LogP contribution in [0.3, 0.4) is 0 Å². The zero-order valence-electron chi connectivity index (χ0n) is 50.7. The van der Waals surface area contributed by atoms with Crippen molar-refractivity contribution in [2.24, 2.45) is 0 Å². The van der Waals surface area contributed by atoms with E-state index in [4.69, 9.17) is 14.2 Å². The summed E-state index contributed by atoms with van der Waals surface area (Å²) in [4.78, 5) is 38.3. The first-order valence-electron chi connectivity index (χ1n) is 32.7. The Bertz CT molecular complexity index is 1510. The molecule has 0 rings (SSSR count). The van der Waals surface area contributed by atoms with Gasteiger partial charge in [-0.05, 0) is 116 Å². The second-order valence-corrected chi connectivity index (χ2v) is 21.7. The first-order chi connectivity index (χ1) is 38.0. The molecule has 0 saturated carbocycles. The fourth-order valence-corrected chi connectivity index (χ4v) is 9.10. The van der Waals surface area contributed by atoms with Crippen LogP contribution >= 0.6 is 0 Å². The molecular formula is C71H122O6. The highest BCUT2D eigenvalue weighted by Crippen LogP contribution is 2.16. The maximum Gasteiger partial charge on any atom is 0.306 e. The lowest BCUT2D eigenvalue weighted by atomic mass is 10.0. The molecule has 0 radical (unpaired) electrons. The first kappa shape index (κ1) is 73.3. The van der Waals surface area contributed by atoms with E-state index < -0.39 is 6.10 Å². The van der Waals surface area contributed by atoms with Crippen LogP contribution in [0.25, 0.3) is 0 Å². The Hall–Kier alpha value is -3.67. The highest BCUT2D eigenvalue weighted by Gasteiger charge is 2.19. The van der Waals surface area contributed by atoms with E-state index in [0.29, 0.717) is 19.3 Å². The third-order valence-corrected chi connectivity index (χ3v) is 14.0. The minimum absolute atomic E-state index is 0.108. The molecule has 0 aliphatic carbocycles. The largest absolute Gasteiger partial charge is 0.462 e. The molecule has 0 aromatic rings. The Labute approximate surface area is 477 Å². The van der Waals surface area contributed by atoms with Crippen molar-refractivity contribution < 1.29 is 28.6 Å². The van der Waals surface area contributed by atoms with E-state index in [1.165, 1.54) is 199 Å². The summed E-state index contributed by atoms with van der Waals surface area (Å²) < 4.78 is 16.9. The molecular weight excluding hydrogens is 949 g/mol. The molecule has 0 unspecified atom stereocenters. The molecule has 0 saturated heterocycles. The van der Waals surface area contributed by atoms with Crippen molar-refractivity contribution in [1.29, 1.82) is 0 Å². The average Bonchev–Trinajstić information content (AvgIpc) is 3.43. The van der Waals surface area contributed by atoms with Gasteiger partial charge in [0, 0.05) is 19.3 Å². The van der Waals surface area contributed by atoms with Gasteiger partial charge in [-0.15, -0.1) is 0 Å². The van der Waals surface area contributed by atoms with E-state index in [-0.39, 0.29) is 37.5 Å². The van der Waals surface area contributed by atoms with Crippen LogP contribution < -0.4 is 0 Å². The lowest BCUT2D eigenvalue weighted by Gasteiger charge is -2.18. The van der Waals surface area contributed by atoms with Crippen LogP contribution in [-0.2, 0) is 28.6 Å². The minimum atomic E-state index is -0.821. The Morgan fingerprint density at radius 1 is 0.260 bits per heavy atom. The van der Waals surface area contributed by atoms with Gasteiger partial charge < -0.3 is 14.2 Å². The minimum Gasteiger partial charge on any atom is -0.462 e. The normalized spacial score (nSPS) is 12.7. The van der Waals surface area contributed by atoms with Crippen LogP contribution in [-0.4, -0.2) is 37.2 Å². The van der Waals surface area contributed by atoms with Gasteiger partial charge in [-0.1, -0.05) is 279 Å². The number of carbonyl (C=O) groups excluding carboxylic acids is 3. The molecule has 0 fully saturated rings. The van der Waals surface area contributed by atoms with Crippen molar-refractivity contribution >= 4 is 17.9 Å². The molecule has 77 heavy (non-hydrogen) atoms. The van der Waals surface area contributed by atoms with Gasteiger partial charge in [0.2, 0.25) is 0 Å². The number of allylic oxidation sites excluding steroid dienone is 16. The summed E-state index contributed by atoms with van der Waals surface area (Å²) in [6, 6.07) is 0. The second-order valence-electron chi connectivity index (χ2n) is 21.7. The molecule has 0 bridgehead atoms. The zero-order chi connectivity index (χ0) is 55.7. The van der Waals surface area contributed by atoms with Crippen molar-refractivity contribution in [3.05, 3.63) is 97.2 Å². The zero-order valence-corrected chi connectivity index (χ0v) is 50.7. The highest BCUT2D eigenvalue weighted by molar-refractivity contribution is 5.71. The van der Waals surface area contributed by atoms with E-state index in [1.807, 2.05) is 6.08 Å². The van der Waals surface area contributed by atoms with Crippen LogP contribution in [0.15, 0.2) is 97.2 Å². The summed E-state index contributed by atoms with van der Waals surface area (Å²) in [5, 5.41) is 0. The monoisotopic (exact) mass is 1070 g/mol. The van der Waals surface area contributed by atoms with Gasteiger partial charge in [-0.3, -0.25) is 14.4 Å². The van der Waals surface area contributed by atoms with Gasteiger partial charge in [-0.2, -0.15) is 0 Å². The number of ether oxygens (including phenoxy) is 3. The summed E-state index contributed by atoms with van der Waals surface area (Å²) in [6.45, 7) is 6.55. The van der Waals surface area contributed by atoms with Gasteiger partial charge in [0.25, 0.3) is 0 Å². The molecule has 1 atom stereocenters. The van der Waals surface area contributed by atoms with Crippen LogP contribution in [0, 0.1) is 0 Å². The molecule has 0 heterocycles. The van der Waals surface area contributed by atoms with Crippen molar-refractivity contribution in [2.45, 2.75) is 322 Å². The number of hydrogen-bond acceptors (Lipinski definition) is 6. The lowest BCUT2D eigenvalue weighted by molar-refractivity contribution is -0.166. The predicted molar refractivity (Wildman–Crippen MR) is 334 cm³/mol. The SMILES string of the molecule is CCCCC/C=C\C/C=C\C/C=C\C/C=C\C/C=C\CCC(=O)O[C@H](COC(=O)CCCCCCCCCCC/C=C\C/C=C\CCCCC)COC(=O)CCCCCCCCCCCCC/C=C\CCCCCCCC. The average molecular weight is 1070 g/mol. The van der Waals surface area contributed by atoms with Gasteiger partial charge in [0.15, 0.2) is 6.10 Å². The van der Waals surface area contributed by atoms with Crippen molar-refractivity contribution in [2.75, 3.05) is 13.2 Å². The van der Waals surface area contributed by atoms with E-state index >= 15 is 0 Å². The number of esters is 3. The summed E-state index contributed by atoms with van der Waals surface area (Å²) >= 11 is 0. The molecule has 0 spiro atoms. The standard InChI is InChI=1S/C71H122O6/c1-4-7-10-13-16-19-22-25-28-31-34-35-38-40-43-46-49-52-55-58-61-64-70(73)76-67-68(77-71(74)65-62-59-56-53-50-47-44-41-37-33-30-27-24-21-18-15-12-9-6-3)66-75-69(72)63-60-57-54-51-48-45-42-39-36-32-29-26-23-20-17-14-11-8-5-2/h17-18,20-21,25-30,37,41,47,50,56,59,68H,4-16,19,22-24,31-36,38-40,42-46,48-49,51-55,57-58,60-67H2,1-3H3/b20-17-,21-18-,28-25-,29-26-,30-27-,41-37-,50-47-,59-56-/t68-/m1/s1. The fourth-order valence-electron chi connectivity index (χ4n) is 9.10. The Kier molecular flexibility index (Phi) is 61.8. The van der Waals surface area contributed by atoms with Crippen molar-refractivity contribution in [3.8, 4) is 0 Å². The predicted octanol–water partition coefficient (Wildman–Crippen LogP) is 22.4. The summed E-state index contributed by atoms with van der Waals surface area (Å²) in [5.74, 6) is -0.986.